The molecule has 6 heteroatoms. The highest BCUT2D eigenvalue weighted by Gasteiger charge is 2.58. The summed E-state index contributed by atoms with van der Waals surface area (Å²) in [6.45, 7) is 8.60. The zero-order valence-corrected chi connectivity index (χ0v) is 24.0. The van der Waals surface area contributed by atoms with E-state index in [4.69, 9.17) is 19.0 Å². The Morgan fingerprint density at radius 3 is 2.62 bits per heavy atom. The predicted molar refractivity (Wildman–Crippen MR) is 150 cm³/mol. The van der Waals surface area contributed by atoms with Gasteiger partial charge in [-0.25, -0.2) is 5.06 Å². The van der Waals surface area contributed by atoms with E-state index in [1.807, 2.05) is 18.2 Å². The molecule has 6 rings (SSSR count). The van der Waals surface area contributed by atoms with Gasteiger partial charge >= 0.3 is 0 Å². The summed E-state index contributed by atoms with van der Waals surface area (Å²) in [5, 5.41) is 1.28. The van der Waals surface area contributed by atoms with Crippen molar-refractivity contribution in [3.05, 3.63) is 59.2 Å². The van der Waals surface area contributed by atoms with Gasteiger partial charge < -0.3 is 14.2 Å². The largest absolute Gasteiger partial charge is 0.377 e. The summed E-state index contributed by atoms with van der Waals surface area (Å²) in [7, 11) is 3.17. The zero-order valence-electron chi connectivity index (χ0n) is 24.0. The summed E-state index contributed by atoms with van der Waals surface area (Å²) in [5.74, 6) is 1.68. The maximum absolute atomic E-state index is 12.7. The molecule has 6 nitrogen and oxygen atoms in total. The quantitative estimate of drug-likeness (QED) is 0.229. The Bertz CT molecular complexity index is 1110. The van der Waals surface area contributed by atoms with Crippen molar-refractivity contribution in [2.75, 3.05) is 34.0 Å². The van der Waals surface area contributed by atoms with Crippen molar-refractivity contribution in [3.63, 3.8) is 0 Å². The average Bonchev–Trinajstić information content (AvgIpc) is 3.55. The topological polar surface area (TPSA) is 57.2 Å². The van der Waals surface area contributed by atoms with Crippen LogP contribution in [-0.2, 0) is 19.0 Å². The molecule has 1 aliphatic heterocycles. The van der Waals surface area contributed by atoms with Gasteiger partial charge in [0.2, 0.25) is 0 Å². The highest BCUT2D eigenvalue weighted by atomic mass is 16.7. The molecule has 1 aromatic carbocycles. The van der Waals surface area contributed by atoms with E-state index in [1.54, 1.807) is 18.2 Å². The third kappa shape index (κ3) is 4.71. The lowest BCUT2D eigenvalue weighted by Crippen LogP contribution is -2.47. The standard InChI is InChI=1S/C33H45NO5/c1-5-6-17-37-29-14-13-28-26-12-11-24-20-33(38-18-19-39-33)16-15-25(24)30(26)27(21-32(28,29)2)22-7-9-23(10-8-22)31(35)34(3)36-4/h5,7-10,24,26-29H,1,6,11-21H2,2-4H3. The summed E-state index contributed by atoms with van der Waals surface area (Å²) >= 11 is 0. The number of allylic oxidation sites excluding steroid dienone is 2. The summed E-state index contributed by atoms with van der Waals surface area (Å²) in [6.07, 6.45) is 12.2. The normalized spacial score (nSPS) is 34.9. The second-order valence-corrected chi connectivity index (χ2v) is 12.7. The van der Waals surface area contributed by atoms with E-state index >= 15 is 0 Å². The van der Waals surface area contributed by atoms with E-state index < -0.39 is 0 Å². The molecule has 4 fully saturated rings. The summed E-state index contributed by atoms with van der Waals surface area (Å²) in [5.41, 5.74) is 5.52. The number of benzene rings is 1. The first-order valence-electron chi connectivity index (χ1n) is 15.0. The molecule has 39 heavy (non-hydrogen) atoms. The maximum Gasteiger partial charge on any atom is 0.277 e. The molecule has 1 spiro atoms. The van der Waals surface area contributed by atoms with Crippen LogP contribution >= 0.6 is 0 Å². The molecule has 0 N–H and O–H groups in total. The highest BCUT2D eigenvalue weighted by Crippen LogP contribution is 2.65. The first kappa shape index (κ1) is 27.2. The number of carbonyl (C=O) groups excluding carboxylic acids is 1. The number of rotatable bonds is 7. The minimum absolute atomic E-state index is 0.127. The van der Waals surface area contributed by atoms with Gasteiger partial charge in [0.05, 0.1) is 33.0 Å². The van der Waals surface area contributed by atoms with E-state index in [-0.39, 0.29) is 17.1 Å². The number of fused-ring (bicyclic) bond motifs is 4. The fraction of sp³-hybridized carbons (Fsp3) is 0.667. The first-order valence-corrected chi connectivity index (χ1v) is 15.0. The van der Waals surface area contributed by atoms with Crippen LogP contribution in [0.3, 0.4) is 0 Å². The van der Waals surface area contributed by atoms with Crippen LogP contribution in [0.15, 0.2) is 48.1 Å². The van der Waals surface area contributed by atoms with Crippen molar-refractivity contribution in [2.45, 2.75) is 82.5 Å². The molecule has 6 unspecified atom stereocenters. The number of hydrogen-bond acceptors (Lipinski definition) is 5. The van der Waals surface area contributed by atoms with Gasteiger partial charge in [0.25, 0.3) is 5.91 Å². The van der Waals surface area contributed by atoms with Crippen LogP contribution in [0.25, 0.3) is 0 Å². The fourth-order valence-corrected chi connectivity index (χ4v) is 8.93. The summed E-state index contributed by atoms with van der Waals surface area (Å²) in [4.78, 5) is 17.8. The van der Waals surface area contributed by atoms with Crippen molar-refractivity contribution in [1.29, 1.82) is 0 Å². The van der Waals surface area contributed by atoms with Crippen LogP contribution in [0, 0.1) is 23.2 Å². The summed E-state index contributed by atoms with van der Waals surface area (Å²) in [6, 6.07) is 8.33. The van der Waals surface area contributed by atoms with Gasteiger partial charge in [-0.3, -0.25) is 9.63 Å². The molecular formula is C33H45NO5. The van der Waals surface area contributed by atoms with Crippen molar-refractivity contribution in [3.8, 4) is 0 Å². The number of nitrogens with zero attached hydrogens (tertiary/aromatic N) is 1. The molecule has 1 amide bonds. The first-order chi connectivity index (χ1) is 18.9. The van der Waals surface area contributed by atoms with Crippen LogP contribution in [0.5, 0.6) is 0 Å². The lowest BCUT2D eigenvalue weighted by molar-refractivity contribution is -0.181. The Hall–Kier alpha value is -1.99. The van der Waals surface area contributed by atoms with Crippen LogP contribution in [0.2, 0.25) is 0 Å². The number of ether oxygens (including phenoxy) is 3. The van der Waals surface area contributed by atoms with Gasteiger partial charge in [-0.1, -0.05) is 36.3 Å². The van der Waals surface area contributed by atoms with Gasteiger partial charge in [-0.2, -0.15) is 0 Å². The van der Waals surface area contributed by atoms with Gasteiger partial charge in [0.1, 0.15) is 0 Å². The van der Waals surface area contributed by atoms with Crippen molar-refractivity contribution < 1.29 is 23.8 Å². The van der Waals surface area contributed by atoms with Crippen molar-refractivity contribution >= 4 is 5.91 Å². The van der Waals surface area contributed by atoms with Crippen LogP contribution in [-0.4, -0.2) is 56.8 Å². The third-order valence-electron chi connectivity index (χ3n) is 10.8. The zero-order chi connectivity index (χ0) is 27.2. The van der Waals surface area contributed by atoms with Gasteiger partial charge in [-0.05, 0) is 85.8 Å². The molecule has 6 atom stereocenters. The highest BCUT2D eigenvalue weighted by molar-refractivity contribution is 5.93. The number of hydrogen-bond donors (Lipinski definition) is 0. The lowest BCUT2D eigenvalue weighted by Gasteiger charge is -2.54. The van der Waals surface area contributed by atoms with E-state index in [2.05, 4.69) is 25.6 Å². The molecule has 0 bridgehead atoms. The molecule has 1 saturated heterocycles. The maximum atomic E-state index is 12.7. The number of carbonyl (C=O) groups is 1. The number of hydroxylamine groups is 2. The third-order valence-corrected chi connectivity index (χ3v) is 10.8. The molecule has 212 valence electrons. The Balaban J connectivity index is 1.36. The molecule has 5 aliphatic rings. The van der Waals surface area contributed by atoms with Crippen LogP contribution in [0.4, 0.5) is 0 Å². The van der Waals surface area contributed by atoms with Crippen LogP contribution < -0.4 is 0 Å². The summed E-state index contributed by atoms with van der Waals surface area (Å²) < 4.78 is 18.9. The van der Waals surface area contributed by atoms with Gasteiger partial charge in [0, 0.05) is 31.4 Å². The number of amides is 1. The van der Waals surface area contributed by atoms with E-state index in [9.17, 15) is 4.79 Å². The molecule has 1 heterocycles. The Labute approximate surface area is 233 Å². The predicted octanol–water partition coefficient (Wildman–Crippen LogP) is 6.43. The smallest absolute Gasteiger partial charge is 0.277 e. The van der Waals surface area contributed by atoms with Crippen molar-refractivity contribution in [2.24, 2.45) is 23.2 Å². The second-order valence-electron chi connectivity index (χ2n) is 12.7. The molecule has 0 aromatic heterocycles. The molecule has 4 aliphatic carbocycles. The minimum Gasteiger partial charge on any atom is -0.377 e. The lowest BCUT2D eigenvalue weighted by atomic mass is 9.52. The SMILES string of the molecule is C=CCCOC1CCC2C3CCC4CC5(CCC4=C3C(c3ccc(C(=O)N(C)OC)cc3)CC12C)OCCO5. The molecule has 3 saturated carbocycles. The Morgan fingerprint density at radius 2 is 1.90 bits per heavy atom. The van der Waals surface area contributed by atoms with E-state index in [0.29, 0.717) is 35.3 Å². The molecule has 0 radical (unpaired) electrons. The fourth-order valence-electron chi connectivity index (χ4n) is 8.93. The monoisotopic (exact) mass is 535 g/mol. The van der Waals surface area contributed by atoms with E-state index in [1.165, 1.54) is 37.0 Å². The average molecular weight is 536 g/mol. The molecule has 1 aromatic rings. The second kappa shape index (κ2) is 10.8. The van der Waals surface area contributed by atoms with Crippen molar-refractivity contribution in [1.82, 2.24) is 5.06 Å². The minimum atomic E-state index is -0.354. The van der Waals surface area contributed by atoms with Gasteiger partial charge in [-0.15, -0.1) is 6.58 Å². The van der Waals surface area contributed by atoms with Gasteiger partial charge in [0.15, 0.2) is 5.79 Å². The van der Waals surface area contributed by atoms with Crippen LogP contribution in [0.1, 0.15) is 86.6 Å². The molecular weight excluding hydrogens is 490 g/mol. The van der Waals surface area contributed by atoms with E-state index in [0.717, 1.165) is 58.3 Å². The Kier molecular flexibility index (Phi) is 7.51. The Morgan fingerprint density at radius 1 is 1.13 bits per heavy atom.